The summed E-state index contributed by atoms with van der Waals surface area (Å²) >= 11 is 2.82. The molecule has 14 nitrogen and oxygen atoms in total. The van der Waals surface area contributed by atoms with Crippen LogP contribution in [0, 0.1) is 19.8 Å². The Labute approximate surface area is 363 Å². The average molecular weight is 889 g/mol. The highest BCUT2D eigenvalue weighted by Crippen LogP contribution is 2.46. The lowest BCUT2D eigenvalue weighted by Gasteiger charge is -2.29. The lowest BCUT2D eigenvalue weighted by Crippen LogP contribution is -2.58. The van der Waals surface area contributed by atoms with Crippen molar-refractivity contribution in [2.24, 2.45) is 5.92 Å². The van der Waals surface area contributed by atoms with E-state index >= 15 is 0 Å². The molecule has 0 spiro atoms. The van der Waals surface area contributed by atoms with E-state index in [-0.39, 0.29) is 31.2 Å². The molecule has 3 fully saturated rings. The molecule has 2 saturated carbocycles. The number of nitrogens with zero attached hydrogens (tertiary/aromatic N) is 3. The van der Waals surface area contributed by atoms with E-state index in [1.165, 1.54) is 27.6 Å². The number of methoxy groups -OCH3 is 1. The van der Waals surface area contributed by atoms with Gasteiger partial charge in [0, 0.05) is 39.6 Å². The van der Waals surface area contributed by atoms with E-state index in [0.717, 1.165) is 29.0 Å². The van der Waals surface area contributed by atoms with Gasteiger partial charge in [0.1, 0.15) is 45.9 Å². The van der Waals surface area contributed by atoms with Crippen LogP contribution < -0.4 is 24.8 Å². The van der Waals surface area contributed by atoms with Crippen molar-refractivity contribution in [2.45, 2.75) is 120 Å². The van der Waals surface area contributed by atoms with Crippen LogP contribution in [-0.4, -0.2) is 89.5 Å². The van der Waals surface area contributed by atoms with Gasteiger partial charge in [0.05, 0.1) is 35.0 Å². The molecule has 1 saturated heterocycles. The van der Waals surface area contributed by atoms with Crippen molar-refractivity contribution in [3.8, 4) is 22.2 Å². The lowest BCUT2D eigenvalue weighted by molar-refractivity contribution is -0.141. The van der Waals surface area contributed by atoms with Crippen LogP contribution in [0.5, 0.6) is 11.5 Å². The van der Waals surface area contributed by atoms with Gasteiger partial charge in [0.15, 0.2) is 0 Å². The molecule has 8 rings (SSSR count). The third kappa shape index (κ3) is 8.91. The summed E-state index contributed by atoms with van der Waals surface area (Å²) in [5.74, 6) is -1.27. The number of sulfonamides is 1. The van der Waals surface area contributed by atoms with Crippen molar-refractivity contribution in [1.29, 1.82) is 0 Å². The fourth-order valence-corrected chi connectivity index (χ4v) is 11.4. The van der Waals surface area contributed by atoms with E-state index in [0.29, 0.717) is 70.1 Å². The molecule has 5 heterocycles. The van der Waals surface area contributed by atoms with E-state index in [4.69, 9.17) is 19.4 Å². The summed E-state index contributed by atoms with van der Waals surface area (Å²) in [6, 6.07) is 7.09. The molecule has 4 aromatic rings. The Kier molecular flexibility index (Phi) is 12.0. The van der Waals surface area contributed by atoms with E-state index < -0.39 is 62.6 Å². The van der Waals surface area contributed by atoms with Crippen LogP contribution in [0.3, 0.4) is 0 Å². The van der Waals surface area contributed by atoms with Gasteiger partial charge in [-0.3, -0.25) is 23.9 Å². The summed E-state index contributed by atoms with van der Waals surface area (Å²) in [6.07, 6.45) is 7.66. The van der Waals surface area contributed by atoms with Gasteiger partial charge in [-0.25, -0.2) is 18.4 Å². The molecule has 17 heteroatoms. The molecule has 0 bridgehead atoms. The number of ether oxygens (including phenoxy) is 2. The standard InChI is InChI=1S/C44H52N6O8S3/c1-24(2)33-23-59-41(47-33)32-20-36(30-16-17-35(57-5)26(4)38(30)45-32)58-28-19-34-39(51)48-44(43(54)49-61(55,56)29-14-15-29)21-27(44)11-9-7-6-8-10-12-31(42(53)50(34)22-28)46-40(52)37-18-13-25(3)60-37/h9,11,13,16-18,20,23-24,27-29,31,34H,6-8,10,12,14-15,19,21-22H2,1-5H3,(H,46,52)(H,48,51)(H,49,54)/b11-9-/t27-,28-,31+,34+,44-/m1/s1. The second kappa shape index (κ2) is 17.1. The number of thiophene rings is 1. The fraction of sp³-hybridized carbons (Fsp3) is 0.500. The van der Waals surface area contributed by atoms with Crippen LogP contribution in [0.15, 0.2) is 47.9 Å². The minimum atomic E-state index is -3.91. The van der Waals surface area contributed by atoms with E-state index in [2.05, 4.69) is 29.2 Å². The zero-order valence-electron chi connectivity index (χ0n) is 35.0. The van der Waals surface area contributed by atoms with Crippen LogP contribution in [0.2, 0.25) is 0 Å². The smallest absolute Gasteiger partial charge is 0.262 e. The molecule has 2 aliphatic carbocycles. The Morgan fingerprint density at radius 2 is 1.84 bits per heavy atom. The van der Waals surface area contributed by atoms with Gasteiger partial charge < -0.3 is 25.0 Å². The quantitative estimate of drug-likeness (QED) is 0.152. The highest BCUT2D eigenvalue weighted by atomic mass is 32.2. The number of benzene rings is 1. The molecular formula is C44H52N6O8S3. The molecule has 3 aromatic heterocycles. The maximum absolute atomic E-state index is 14.9. The van der Waals surface area contributed by atoms with E-state index in [9.17, 15) is 27.6 Å². The number of aryl methyl sites for hydroxylation is 2. The maximum atomic E-state index is 14.9. The molecular weight excluding hydrogens is 837 g/mol. The number of aromatic nitrogens is 2. The first-order valence-corrected chi connectivity index (χ1v) is 24.2. The number of carbonyl (C=O) groups excluding carboxylic acids is 4. The summed E-state index contributed by atoms with van der Waals surface area (Å²) in [5.41, 5.74) is 1.50. The summed E-state index contributed by atoms with van der Waals surface area (Å²) in [7, 11) is -2.31. The van der Waals surface area contributed by atoms with Crippen LogP contribution in [-0.2, 0) is 24.4 Å². The molecule has 324 valence electrons. The Morgan fingerprint density at radius 3 is 2.54 bits per heavy atom. The summed E-state index contributed by atoms with van der Waals surface area (Å²) < 4.78 is 40.7. The van der Waals surface area contributed by atoms with Gasteiger partial charge in [-0.1, -0.05) is 38.8 Å². The van der Waals surface area contributed by atoms with Crippen LogP contribution in [0.4, 0.5) is 0 Å². The van der Waals surface area contributed by atoms with Crippen LogP contribution in [0.25, 0.3) is 21.6 Å². The van der Waals surface area contributed by atoms with Crippen molar-refractivity contribution in [2.75, 3.05) is 13.7 Å². The zero-order chi connectivity index (χ0) is 43.2. The maximum Gasteiger partial charge on any atom is 0.262 e. The number of allylic oxidation sites excluding steroid dienone is 1. The Bertz CT molecular complexity index is 2510. The van der Waals surface area contributed by atoms with Crippen molar-refractivity contribution in [1.82, 2.24) is 30.2 Å². The molecule has 0 unspecified atom stereocenters. The first kappa shape index (κ1) is 42.8. The van der Waals surface area contributed by atoms with Crippen molar-refractivity contribution in [3.63, 3.8) is 0 Å². The number of carbonyl (C=O) groups is 4. The predicted octanol–water partition coefficient (Wildman–Crippen LogP) is 6.32. The second-order valence-electron chi connectivity index (χ2n) is 17.0. The molecule has 3 N–H and O–H groups in total. The number of thiazole rings is 1. The molecule has 4 aliphatic rings. The van der Waals surface area contributed by atoms with Gasteiger partial charge >= 0.3 is 0 Å². The number of pyridine rings is 1. The minimum Gasteiger partial charge on any atom is -0.496 e. The van der Waals surface area contributed by atoms with Gasteiger partial charge in [0.2, 0.25) is 21.8 Å². The third-order valence-electron chi connectivity index (χ3n) is 12.1. The number of nitrogens with one attached hydrogen (secondary N) is 3. The Hall–Kier alpha value is -4.87. The molecule has 5 atom stereocenters. The molecule has 2 aliphatic heterocycles. The zero-order valence-corrected chi connectivity index (χ0v) is 37.4. The molecule has 61 heavy (non-hydrogen) atoms. The van der Waals surface area contributed by atoms with Gasteiger partial charge in [0.25, 0.3) is 11.8 Å². The van der Waals surface area contributed by atoms with Crippen LogP contribution >= 0.6 is 22.7 Å². The number of fused-ring (bicyclic) bond motifs is 3. The number of hydrogen-bond acceptors (Lipinski definition) is 12. The monoisotopic (exact) mass is 888 g/mol. The minimum absolute atomic E-state index is 0.00300. The SMILES string of the molecule is COc1ccc2c(O[C@@H]3C[C@H]4C(=O)N[C@]5(C(=O)NS(=O)(=O)C6CC6)C[C@H]5/C=C\CCCCC[C@H](NC(=O)c5ccc(C)s5)C(=O)N4C3)cc(-c3nc(C(C)C)cs3)nc2c1C. The van der Waals surface area contributed by atoms with E-state index in [1.807, 2.05) is 55.6 Å². The fourth-order valence-electron chi connectivity index (χ4n) is 8.29. The van der Waals surface area contributed by atoms with Crippen molar-refractivity contribution in [3.05, 3.63) is 68.9 Å². The van der Waals surface area contributed by atoms with Gasteiger partial charge in [-0.15, -0.1) is 22.7 Å². The normalized spacial score (nSPS) is 25.2. The molecule has 0 radical (unpaired) electrons. The van der Waals surface area contributed by atoms with Crippen molar-refractivity contribution >= 4 is 67.2 Å². The van der Waals surface area contributed by atoms with Gasteiger partial charge in [-0.2, -0.15) is 0 Å². The summed E-state index contributed by atoms with van der Waals surface area (Å²) in [5, 5.41) is 8.72. The highest BCUT2D eigenvalue weighted by molar-refractivity contribution is 7.91. The molecule has 4 amide bonds. The number of rotatable bonds is 10. The topological polar surface area (TPSA) is 186 Å². The highest BCUT2D eigenvalue weighted by Gasteiger charge is 2.62. The number of hydrogen-bond donors (Lipinski definition) is 3. The lowest BCUT2D eigenvalue weighted by atomic mass is 10.0. The van der Waals surface area contributed by atoms with Crippen molar-refractivity contribution < 1.29 is 37.1 Å². The number of amides is 4. The Balaban J connectivity index is 1.15. The summed E-state index contributed by atoms with van der Waals surface area (Å²) in [4.78, 5) is 69.8. The van der Waals surface area contributed by atoms with Gasteiger partial charge in [-0.05, 0) is 82.6 Å². The Morgan fingerprint density at radius 1 is 1.03 bits per heavy atom. The van der Waals surface area contributed by atoms with Crippen LogP contribution in [0.1, 0.15) is 103 Å². The average Bonchev–Trinajstić information content (AvgIpc) is 4.01. The molecule has 1 aromatic carbocycles. The van der Waals surface area contributed by atoms with E-state index in [1.54, 1.807) is 13.2 Å². The third-order valence-corrected chi connectivity index (χ3v) is 15.8. The largest absolute Gasteiger partial charge is 0.496 e. The first-order chi connectivity index (χ1) is 29.2. The second-order valence-corrected chi connectivity index (χ2v) is 21.1. The predicted molar refractivity (Wildman–Crippen MR) is 234 cm³/mol. The summed E-state index contributed by atoms with van der Waals surface area (Å²) in [6.45, 7) is 7.99. The first-order valence-electron chi connectivity index (χ1n) is 21.0.